The molecule has 0 amide bonds. The van der Waals surface area contributed by atoms with Gasteiger partial charge in [-0.3, -0.25) is 9.59 Å². The summed E-state index contributed by atoms with van der Waals surface area (Å²) in [5.74, 6) is -4.26. The van der Waals surface area contributed by atoms with Crippen molar-refractivity contribution in [3.63, 3.8) is 0 Å². The molecule has 25 heavy (non-hydrogen) atoms. The number of hydrogen-bond donors (Lipinski definition) is 1. The highest BCUT2D eigenvalue weighted by molar-refractivity contribution is 6.30. The number of aliphatic carboxylic acids is 1. The average molecular weight is 363 g/mol. The van der Waals surface area contributed by atoms with E-state index in [1.165, 1.54) is 12.1 Å². The smallest absolute Gasteiger partial charge is 0.314 e. The minimum atomic E-state index is -1.36. The summed E-state index contributed by atoms with van der Waals surface area (Å²) in [5, 5.41) is 9.76. The Kier molecular flexibility index (Phi) is 6.42. The maximum absolute atomic E-state index is 14.4. The van der Waals surface area contributed by atoms with Gasteiger partial charge in [-0.2, -0.15) is 0 Å². The molecule has 4 nitrogen and oxygen atoms in total. The molecular weight excluding hydrogens is 347 g/mol. The molecule has 0 aromatic heterocycles. The van der Waals surface area contributed by atoms with Gasteiger partial charge in [-0.15, -0.1) is 0 Å². The van der Waals surface area contributed by atoms with Crippen molar-refractivity contribution in [2.75, 3.05) is 0 Å². The molecule has 0 saturated heterocycles. The lowest BCUT2D eigenvalue weighted by Gasteiger charge is -2.12. The zero-order valence-corrected chi connectivity index (χ0v) is 14.0. The van der Waals surface area contributed by atoms with Crippen LogP contribution in [0.3, 0.4) is 0 Å². The molecule has 0 aliphatic carbocycles. The van der Waals surface area contributed by atoms with Crippen molar-refractivity contribution >= 4 is 29.6 Å². The van der Waals surface area contributed by atoms with Gasteiger partial charge in [0.2, 0.25) is 0 Å². The molecule has 2 aromatic carbocycles. The molecule has 0 radical (unpaired) electrons. The zero-order valence-electron chi connectivity index (χ0n) is 13.2. The third-order valence-corrected chi connectivity index (χ3v) is 4.09. The van der Waals surface area contributed by atoms with Crippen LogP contribution in [0.25, 0.3) is 11.1 Å². The standard InChI is InChI=1S/C19H16ClFO4/c20-14-7-4-12(5-8-14)13-6-9-15(17(21)11-13)18(23)16(19(24)25)3-1-2-10-22/h4-11,16H,1-3H2,(H,24,25). The van der Waals surface area contributed by atoms with Gasteiger partial charge in [0.15, 0.2) is 5.78 Å². The number of hydrogen-bond acceptors (Lipinski definition) is 3. The van der Waals surface area contributed by atoms with Crippen LogP contribution in [0.2, 0.25) is 5.02 Å². The molecule has 6 heteroatoms. The summed E-state index contributed by atoms with van der Waals surface area (Å²) >= 11 is 5.82. The molecule has 0 spiro atoms. The molecular formula is C19H16ClFO4. The molecule has 0 saturated carbocycles. The molecule has 0 aliphatic heterocycles. The van der Waals surface area contributed by atoms with Gasteiger partial charge in [0.25, 0.3) is 0 Å². The molecule has 0 aliphatic rings. The second kappa shape index (κ2) is 8.53. The first kappa shape index (κ1) is 18.8. The molecule has 2 aromatic rings. The van der Waals surface area contributed by atoms with E-state index >= 15 is 0 Å². The van der Waals surface area contributed by atoms with Crippen LogP contribution in [0.1, 0.15) is 29.6 Å². The van der Waals surface area contributed by atoms with Crippen LogP contribution in [-0.4, -0.2) is 23.1 Å². The van der Waals surface area contributed by atoms with Crippen molar-refractivity contribution < 1.29 is 23.9 Å². The van der Waals surface area contributed by atoms with Crippen LogP contribution in [0.5, 0.6) is 0 Å². The third kappa shape index (κ3) is 4.73. The van der Waals surface area contributed by atoms with Crippen molar-refractivity contribution in [3.05, 3.63) is 58.9 Å². The van der Waals surface area contributed by atoms with E-state index in [0.29, 0.717) is 16.9 Å². The highest BCUT2D eigenvalue weighted by atomic mass is 35.5. The molecule has 130 valence electrons. The van der Waals surface area contributed by atoms with E-state index in [1.54, 1.807) is 30.3 Å². The Morgan fingerprint density at radius 1 is 1.12 bits per heavy atom. The first-order chi connectivity index (χ1) is 11.9. The van der Waals surface area contributed by atoms with Crippen LogP contribution in [0, 0.1) is 11.7 Å². The van der Waals surface area contributed by atoms with Crippen LogP contribution in [0.15, 0.2) is 42.5 Å². The normalized spacial score (nSPS) is 11.8. The molecule has 2 rings (SSSR count). The van der Waals surface area contributed by atoms with Crippen LogP contribution >= 0.6 is 11.6 Å². The van der Waals surface area contributed by atoms with Gasteiger partial charge in [0, 0.05) is 11.4 Å². The number of carbonyl (C=O) groups excluding carboxylic acids is 2. The van der Waals surface area contributed by atoms with Crippen LogP contribution < -0.4 is 0 Å². The Morgan fingerprint density at radius 3 is 2.32 bits per heavy atom. The van der Waals surface area contributed by atoms with Gasteiger partial charge < -0.3 is 9.90 Å². The van der Waals surface area contributed by atoms with E-state index in [2.05, 4.69) is 0 Å². The van der Waals surface area contributed by atoms with Gasteiger partial charge in [0.1, 0.15) is 18.0 Å². The van der Waals surface area contributed by atoms with Crippen molar-refractivity contribution in [2.45, 2.75) is 19.3 Å². The van der Waals surface area contributed by atoms with Gasteiger partial charge in [0.05, 0.1) is 5.56 Å². The number of carboxylic acid groups (broad SMARTS) is 1. The molecule has 0 fully saturated rings. The predicted molar refractivity (Wildman–Crippen MR) is 92.2 cm³/mol. The maximum Gasteiger partial charge on any atom is 0.314 e. The van der Waals surface area contributed by atoms with Crippen molar-refractivity contribution in [3.8, 4) is 11.1 Å². The van der Waals surface area contributed by atoms with E-state index in [1.807, 2.05) is 0 Å². The van der Waals surface area contributed by atoms with Crippen molar-refractivity contribution in [2.24, 2.45) is 5.92 Å². The Hall–Kier alpha value is -2.53. The summed E-state index contributed by atoms with van der Waals surface area (Å²) < 4.78 is 14.4. The largest absolute Gasteiger partial charge is 0.481 e. The number of aldehydes is 1. The first-order valence-corrected chi connectivity index (χ1v) is 8.08. The van der Waals surface area contributed by atoms with Crippen LogP contribution in [-0.2, 0) is 9.59 Å². The number of benzene rings is 2. The van der Waals surface area contributed by atoms with E-state index in [0.717, 1.165) is 5.56 Å². The lowest BCUT2D eigenvalue weighted by Crippen LogP contribution is -2.24. The molecule has 1 unspecified atom stereocenters. The number of unbranched alkanes of at least 4 members (excludes halogenated alkanes) is 1. The first-order valence-electron chi connectivity index (χ1n) is 7.70. The van der Waals surface area contributed by atoms with E-state index < -0.39 is 23.5 Å². The Bertz CT molecular complexity index is 787. The molecule has 0 bridgehead atoms. The van der Waals surface area contributed by atoms with E-state index in [4.69, 9.17) is 11.6 Å². The molecule has 1 atom stereocenters. The minimum absolute atomic E-state index is 0.00865. The Labute approximate surface area is 149 Å². The van der Waals surface area contributed by atoms with E-state index in [-0.39, 0.29) is 24.8 Å². The average Bonchev–Trinajstić information content (AvgIpc) is 2.58. The van der Waals surface area contributed by atoms with Gasteiger partial charge in [-0.1, -0.05) is 29.8 Å². The second-order valence-corrected chi connectivity index (χ2v) is 5.99. The fourth-order valence-electron chi connectivity index (χ4n) is 2.50. The highest BCUT2D eigenvalue weighted by Gasteiger charge is 2.28. The predicted octanol–water partition coefficient (Wildman–Crippen LogP) is 4.40. The summed E-state index contributed by atoms with van der Waals surface area (Å²) in [6, 6.07) is 10.8. The number of Topliss-reactive ketones (excluding diaryl/α,β-unsaturated/α-hetero) is 1. The number of ketones is 1. The lowest BCUT2D eigenvalue weighted by atomic mass is 9.91. The van der Waals surface area contributed by atoms with Gasteiger partial charge in [-0.05, 0) is 48.2 Å². The Balaban J connectivity index is 2.26. The topological polar surface area (TPSA) is 71.4 Å². The SMILES string of the molecule is O=CCCCC(C(=O)O)C(=O)c1ccc(-c2ccc(Cl)cc2)cc1F. The Morgan fingerprint density at radius 2 is 1.76 bits per heavy atom. The summed E-state index contributed by atoms with van der Waals surface area (Å²) in [4.78, 5) is 34.0. The van der Waals surface area contributed by atoms with Gasteiger partial charge in [-0.25, -0.2) is 4.39 Å². The summed E-state index contributed by atoms with van der Waals surface area (Å²) in [6.45, 7) is 0. The van der Waals surface area contributed by atoms with Gasteiger partial charge >= 0.3 is 5.97 Å². The number of halogens is 2. The summed E-state index contributed by atoms with van der Waals surface area (Å²) in [7, 11) is 0. The molecule has 1 N–H and O–H groups in total. The van der Waals surface area contributed by atoms with Crippen molar-refractivity contribution in [1.29, 1.82) is 0 Å². The summed E-state index contributed by atoms with van der Waals surface area (Å²) in [5.41, 5.74) is 1.01. The fourth-order valence-corrected chi connectivity index (χ4v) is 2.62. The lowest BCUT2D eigenvalue weighted by molar-refractivity contribution is -0.140. The van der Waals surface area contributed by atoms with E-state index in [9.17, 15) is 23.9 Å². The number of rotatable bonds is 8. The minimum Gasteiger partial charge on any atom is -0.481 e. The number of carboxylic acids is 1. The highest BCUT2D eigenvalue weighted by Crippen LogP contribution is 2.25. The number of carbonyl (C=O) groups is 3. The van der Waals surface area contributed by atoms with Crippen LogP contribution in [0.4, 0.5) is 4.39 Å². The summed E-state index contributed by atoms with van der Waals surface area (Å²) in [6.07, 6.45) is 1.07. The maximum atomic E-state index is 14.4. The zero-order chi connectivity index (χ0) is 18.4. The monoisotopic (exact) mass is 362 g/mol. The quantitative estimate of drug-likeness (QED) is 0.327. The second-order valence-electron chi connectivity index (χ2n) is 5.55. The third-order valence-electron chi connectivity index (χ3n) is 3.84. The van der Waals surface area contributed by atoms with Crippen molar-refractivity contribution in [1.82, 2.24) is 0 Å². The molecule has 0 heterocycles. The fraction of sp³-hybridized carbons (Fsp3) is 0.211.